The zero-order valence-corrected chi connectivity index (χ0v) is 12.7. The molecule has 1 aromatic carbocycles. The van der Waals surface area contributed by atoms with E-state index in [1.54, 1.807) is 0 Å². The molecule has 0 radical (unpaired) electrons. The lowest BCUT2D eigenvalue weighted by Gasteiger charge is -2.11. The minimum atomic E-state index is -1.09. The first-order valence-electron chi connectivity index (χ1n) is 5.18. The van der Waals surface area contributed by atoms with Gasteiger partial charge < -0.3 is 16.2 Å². The van der Waals surface area contributed by atoms with Gasteiger partial charge in [0.2, 0.25) is 0 Å². The van der Waals surface area contributed by atoms with Crippen molar-refractivity contribution in [2.45, 2.75) is 0 Å². The van der Waals surface area contributed by atoms with Gasteiger partial charge in [-0.15, -0.1) is 0 Å². The molecule has 1 heterocycles. The van der Waals surface area contributed by atoms with Crippen LogP contribution in [0.25, 0.3) is 0 Å². The summed E-state index contributed by atoms with van der Waals surface area (Å²) >= 11 is 6.73. The van der Waals surface area contributed by atoms with Crippen LogP contribution < -0.4 is 11.1 Å². The Labute approximate surface area is 126 Å². The fourth-order valence-corrected chi connectivity index (χ4v) is 2.17. The minimum Gasteiger partial charge on any atom is -0.478 e. The first kappa shape index (κ1) is 13.8. The average molecular weight is 387 g/mol. The molecule has 5 nitrogen and oxygen atoms in total. The van der Waals surface area contributed by atoms with Gasteiger partial charge in [0.25, 0.3) is 0 Å². The van der Waals surface area contributed by atoms with Crippen molar-refractivity contribution in [2.75, 3.05) is 11.1 Å². The highest BCUT2D eigenvalue weighted by molar-refractivity contribution is 9.11. The van der Waals surface area contributed by atoms with Crippen LogP contribution in [0.2, 0.25) is 0 Å². The summed E-state index contributed by atoms with van der Waals surface area (Å²) in [6.07, 6.45) is 1.40. The predicted octanol–water partition coefficient (Wildman–Crippen LogP) is 3.63. The molecule has 1 aromatic heterocycles. The smallest absolute Gasteiger partial charge is 0.339 e. The second-order valence-electron chi connectivity index (χ2n) is 3.72. The zero-order valence-electron chi connectivity index (χ0n) is 9.52. The maximum atomic E-state index is 11.2. The van der Waals surface area contributed by atoms with Crippen LogP contribution in [0.4, 0.5) is 17.2 Å². The number of nitrogens with two attached hydrogens (primary N) is 1. The number of aromatic nitrogens is 1. The molecule has 0 spiro atoms. The summed E-state index contributed by atoms with van der Waals surface area (Å²) in [6.45, 7) is 0. The number of carboxylic acid groups (broad SMARTS) is 1. The van der Waals surface area contributed by atoms with E-state index in [0.717, 1.165) is 8.95 Å². The normalized spacial score (nSPS) is 10.2. The molecule has 0 bridgehead atoms. The van der Waals surface area contributed by atoms with Gasteiger partial charge >= 0.3 is 5.97 Å². The highest BCUT2D eigenvalue weighted by Crippen LogP contribution is 2.29. The molecule has 7 heteroatoms. The van der Waals surface area contributed by atoms with Crippen LogP contribution in [0.1, 0.15) is 10.4 Å². The van der Waals surface area contributed by atoms with Gasteiger partial charge in [0.05, 0.1) is 17.6 Å². The van der Waals surface area contributed by atoms with Crippen LogP contribution in [-0.2, 0) is 0 Å². The molecule has 2 aromatic rings. The van der Waals surface area contributed by atoms with Crippen molar-refractivity contribution in [3.8, 4) is 0 Å². The second kappa shape index (κ2) is 5.58. The lowest BCUT2D eigenvalue weighted by molar-refractivity contribution is 0.0697. The Kier molecular flexibility index (Phi) is 4.06. The first-order chi connectivity index (χ1) is 8.97. The number of nitrogen functional groups attached to an aromatic ring is 1. The molecule has 0 fully saturated rings. The zero-order chi connectivity index (χ0) is 14.0. The van der Waals surface area contributed by atoms with Gasteiger partial charge in [-0.2, -0.15) is 0 Å². The summed E-state index contributed by atoms with van der Waals surface area (Å²) in [5.41, 5.74) is 6.57. The van der Waals surface area contributed by atoms with Crippen LogP contribution in [0.5, 0.6) is 0 Å². The number of nitrogens with one attached hydrogen (secondary N) is 1. The SMILES string of the molecule is Nc1cnc(Nc2cc(Br)ccc2Br)c(C(=O)O)c1. The summed E-state index contributed by atoms with van der Waals surface area (Å²) in [5.74, 6) is -0.853. The van der Waals surface area contributed by atoms with E-state index in [1.165, 1.54) is 12.3 Å². The molecular weight excluding hydrogens is 378 g/mol. The third-order valence-corrected chi connectivity index (χ3v) is 3.51. The van der Waals surface area contributed by atoms with Crippen LogP contribution in [0.15, 0.2) is 39.4 Å². The fourth-order valence-electron chi connectivity index (χ4n) is 1.46. The molecule has 0 aliphatic heterocycles. The van der Waals surface area contributed by atoms with Crippen molar-refractivity contribution < 1.29 is 9.90 Å². The van der Waals surface area contributed by atoms with E-state index in [2.05, 4.69) is 42.2 Å². The number of benzene rings is 1. The number of hydrogen-bond acceptors (Lipinski definition) is 4. The van der Waals surface area contributed by atoms with E-state index < -0.39 is 5.97 Å². The molecule has 98 valence electrons. The van der Waals surface area contributed by atoms with Gasteiger partial charge in [0.15, 0.2) is 0 Å². The lowest BCUT2D eigenvalue weighted by atomic mass is 10.2. The number of anilines is 3. The Morgan fingerprint density at radius 1 is 1.32 bits per heavy atom. The first-order valence-corrected chi connectivity index (χ1v) is 6.77. The topological polar surface area (TPSA) is 88.2 Å². The highest BCUT2D eigenvalue weighted by Gasteiger charge is 2.13. The Balaban J connectivity index is 2.43. The maximum Gasteiger partial charge on any atom is 0.339 e. The van der Waals surface area contributed by atoms with Crippen molar-refractivity contribution in [3.63, 3.8) is 0 Å². The van der Waals surface area contributed by atoms with Gasteiger partial charge in [-0.3, -0.25) is 0 Å². The van der Waals surface area contributed by atoms with E-state index in [1.807, 2.05) is 18.2 Å². The van der Waals surface area contributed by atoms with Crippen LogP contribution >= 0.6 is 31.9 Å². The number of rotatable bonds is 3. The Morgan fingerprint density at radius 3 is 2.74 bits per heavy atom. The quantitative estimate of drug-likeness (QED) is 0.749. The van der Waals surface area contributed by atoms with Crippen molar-refractivity contribution in [2.24, 2.45) is 0 Å². The summed E-state index contributed by atoms with van der Waals surface area (Å²) in [6, 6.07) is 6.88. The molecule has 0 saturated carbocycles. The largest absolute Gasteiger partial charge is 0.478 e. The summed E-state index contributed by atoms with van der Waals surface area (Å²) in [5, 5.41) is 12.1. The molecule has 0 aliphatic rings. The number of carboxylic acids is 1. The summed E-state index contributed by atoms with van der Waals surface area (Å²) in [4.78, 5) is 15.2. The van der Waals surface area contributed by atoms with Crippen molar-refractivity contribution in [1.29, 1.82) is 0 Å². The van der Waals surface area contributed by atoms with Gasteiger partial charge in [-0.05, 0) is 40.2 Å². The van der Waals surface area contributed by atoms with E-state index in [-0.39, 0.29) is 11.4 Å². The number of carbonyl (C=O) groups is 1. The molecule has 2 rings (SSSR count). The molecule has 0 atom stereocenters. The fraction of sp³-hybridized carbons (Fsp3) is 0. The summed E-state index contributed by atoms with van der Waals surface area (Å²) in [7, 11) is 0. The molecule has 0 aliphatic carbocycles. The third kappa shape index (κ3) is 3.24. The van der Waals surface area contributed by atoms with Crippen LogP contribution in [0, 0.1) is 0 Å². The van der Waals surface area contributed by atoms with E-state index in [4.69, 9.17) is 10.8 Å². The highest BCUT2D eigenvalue weighted by atomic mass is 79.9. The molecule has 19 heavy (non-hydrogen) atoms. The molecular formula is C12H9Br2N3O2. The lowest BCUT2D eigenvalue weighted by Crippen LogP contribution is -2.06. The third-order valence-electron chi connectivity index (χ3n) is 2.32. The number of nitrogens with zero attached hydrogens (tertiary/aromatic N) is 1. The van der Waals surface area contributed by atoms with Gasteiger partial charge in [0, 0.05) is 8.95 Å². The van der Waals surface area contributed by atoms with Gasteiger partial charge in [-0.25, -0.2) is 9.78 Å². The Hall–Kier alpha value is -1.60. The standard InChI is InChI=1S/C12H9Br2N3O2/c13-6-1-2-9(14)10(3-6)17-11-8(12(18)19)4-7(15)5-16-11/h1-5H,15H2,(H,16,17)(H,18,19). The summed E-state index contributed by atoms with van der Waals surface area (Å²) < 4.78 is 1.66. The maximum absolute atomic E-state index is 11.2. The number of hydrogen-bond donors (Lipinski definition) is 3. The van der Waals surface area contributed by atoms with E-state index in [0.29, 0.717) is 11.4 Å². The van der Waals surface area contributed by atoms with Gasteiger partial charge in [0.1, 0.15) is 11.4 Å². The molecule has 0 saturated heterocycles. The Morgan fingerprint density at radius 2 is 2.05 bits per heavy atom. The van der Waals surface area contributed by atoms with Crippen LogP contribution in [-0.4, -0.2) is 16.1 Å². The van der Waals surface area contributed by atoms with Gasteiger partial charge in [-0.1, -0.05) is 15.9 Å². The Bertz CT molecular complexity index is 647. The number of halogens is 2. The van der Waals surface area contributed by atoms with Crippen molar-refractivity contribution >= 4 is 55.0 Å². The average Bonchev–Trinajstić information content (AvgIpc) is 2.35. The number of aromatic carboxylic acids is 1. The van der Waals surface area contributed by atoms with Crippen molar-refractivity contribution in [3.05, 3.63) is 45.0 Å². The molecule has 0 unspecified atom stereocenters. The second-order valence-corrected chi connectivity index (χ2v) is 5.49. The van der Waals surface area contributed by atoms with E-state index in [9.17, 15) is 4.79 Å². The van der Waals surface area contributed by atoms with E-state index >= 15 is 0 Å². The number of pyridine rings is 1. The molecule has 0 amide bonds. The van der Waals surface area contributed by atoms with Crippen LogP contribution in [0.3, 0.4) is 0 Å². The predicted molar refractivity (Wildman–Crippen MR) is 80.7 cm³/mol. The monoisotopic (exact) mass is 385 g/mol. The molecule has 4 N–H and O–H groups in total. The van der Waals surface area contributed by atoms with Crippen molar-refractivity contribution in [1.82, 2.24) is 4.98 Å². The minimum absolute atomic E-state index is 0.0203.